The van der Waals surface area contributed by atoms with Crippen molar-refractivity contribution in [3.05, 3.63) is 22.4 Å². The minimum Gasteiger partial charge on any atom is -0.354 e. The highest BCUT2D eigenvalue weighted by Gasteiger charge is 2.16. The van der Waals surface area contributed by atoms with Crippen molar-refractivity contribution in [1.82, 2.24) is 0 Å². The summed E-state index contributed by atoms with van der Waals surface area (Å²) in [5, 5.41) is 2.08. The number of hydrogen-bond donors (Lipinski definition) is 0. The van der Waals surface area contributed by atoms with Gasteiger partial charge in [-0.25, -0.2) is 0 Å². The molecule has 1 aromatic rings. The minimum atomic E-state index is 0.0112. The molecule has 58 valence electrons. The van der Waals surface area contributed by atoms with Crippen LogP contribution in [0.4, 0.5) is 5.69 Å². The van der Waals surface area contributed by atoms with Gasteiger partial charge in [0.25, 0.3) is 0 Å². The summed E-state index contributed by atoms with van der Waals surface area (Å²) in [5.74, 6) is 0. The lowest BCUT2D eigenvalue weighted by Crippen LogP contribution is -2.26. The van der Waals surface area contributed by atoms with E-state index in [9.17, 15) is 0 Å². The van der Waals surface area contributed by atoms with E-state index in [-0.39, 0.29) is 5.50 Å². The molecule has 0 amide bonds. The van der Waals surface area contributed by atoms with Crippen LogP contribution in [0.3, 0.4) is 0 Å². The molecular weight excluding hydrogens is 178 g/mol. The van der Waals surface area contributed by atoms with Crippen molar-refractivity contribution < 1.29 is 0 Å². The zero-order valence-electron chi connectivity index (χ0n) is 6.12. The maximum atomic E-state index is 6.00. The van der Waals surface area contributed by atoms with E-state index in [1.165, 1.54) is 10.6 Å². The lowest BCUT2D eigenvalue weighted by molar-refractivity contribution is 0.962. The molecule has 0 aromatic carbocycles. The van der Waals surface area contributed by atoms with Gasteiger partial charge in [-0.05, 0) is 23.6 Å². The molecule has 1 unspecified atom stereocenters. The Hall–Kier alpha value is -0.470. The number of fused-ring (bicyclic) bond motifs is 1. The SMILES string of the molecule is CN1c2ccsc2C=CC1Cl. The second-order valence-electron chi connectivity index (χ2n) is 2.51. The summed E-state index contributed by atoms with van der Waals surface area (Å²) in [4.78, 5) is 3.36. The fourth-order valence-corrected chi connectivity index (χ4v) is 2.17. The molecule has 0 N–H and O–H groups in total. The molecule has 1 aromatic heterocycles. The van der Waals surface area contributed by atoms with Crippen LogP contribution in [0.25, 0.3) is 6.08 Å². The molecule has 0 saturated heterocycles. The maximum Gasteiger partial charge on any atom is 0.123 e. The predicted molar refractivity (Wildman–Crippen MR) is 51.4 cm³/mol. The van der Waals surface area contributed by atoms with E-state index in [1.807, 2.05) is 13.1 Å². The van der Waals surface area contributed by atoms with Gasteiger partial charge in [-0.3, -0.25) is 0 Å². The summed E-state index contributed by atoms with van der Waals surface area (Å²) in [6.07, 6.45) is 4.08. The third-order valence-electron chi connectivity index (χ3n) is 1.83. The quantitative estimate of drug-likeness (QED) is 0.444. The molecule has 0 spiro atoms. The molecule has 0 radical (unpaired) electrons. The van der Waals surface area contributed by atoms with E-state index in [4.69, 9.17) is 11.6 Å². The molecule has 1 atom stereocenters. The van der Waals surface area contributed by atoms with E-state index in [2.05, 4.69) is 22.4 Å². The number of likely N-dealkylation sites (N-methyl/N-ethyl adjacent to an activating group) is 1. The van der Waals surface area contributed by atoms with Crippen LogP contribution in [0.15, 0.2) is 17.5 Å². The zero-order chi connectivity index (χ0) is 7.84. The summed E-state index contributed by atoms with van der Waals surface area (Å²) in [6.45, 7) is 0. The van der Waals surface area contributed by atoms with Crippen molar-refractivity contribution >= 4 is 34.7 Å². The van der Waals surface area contributed by atoms with Crippen LogP contribution in [0.2, 0.25) is 0 Å². The Bertz CT molecular complexity index is 292. The Labute approximate surface area is 74.9 Å². The summed E-state index contributed by atoms with van der Waals surface area (Å²) in [5.41, 5.74) is 1.25. The summed E-state index contributed by atoms with van der Waals surface area (Å²) in [7, 11) is 2.01. The fourth-order valence-electron chi connectivity index (χ4n) is 1.16. The largest absolute Gasteiger partial charge is 0.354 e. The normalized spacial score (nSPS) is 22.0. The number of alkyl halides is 1. The Kier molecular flexibility index (Phi) is 1.66. The van der Waals surface area contributed by atoms with Crippen molar-refractivity contribution in [1.29, 1.82) is 0 Å². The first-order valence-electron chi connectivity index (χ1n) is 3.41. The average Bonchev–Trinajstić information content (AvgIpc) is 2.45. The van der Waals surface area contributed by atoms with Crippen LogP contribution in [-0.2, 0) is 0 Å². The topological polar surface area (TPSA) is 3.24 Å². The molecule has 1 aliphatic heterocycles. The van der Waals surface area contributed by atoms with Crippen LogP contribution >= 0.6 is 22.9 Å². The number of halogens is 1. The Morgan fingerprint density at radius 3 is 3.27 bits per heavy atom. The average molecular weight is 186 g/mol. The van der Waals surface area contributed by atoms with Gasteiger partial charge in [-0.15, -0.1) is 11.3 Å². The highest BCUT2D eigenvalue weighted by atomic mass is 35.5. The molecule has 1 aliphatic rings. The van der Waals surface area contributed by atoms with E-state index >= 15 is 0 Å². The molecule has 0 aliphatic carbocycles. The number of thiophene rings is 1. The van der Waals surface area contributed by atoms with E-state index < -0.39 is 0 Å². The molecule has 2 rings (SSSR count). The molecule has 0 saturated carbocycles. The van der Waals surface area contributed by atoms with Crippen LogP contribution < -0.4 is 4.90 Å². The first-order valence-corrected chi connectivity index (χ1v) is 4.73. The Morgan fingerprint density at radius 1 is 1.64 bits per heavy atom. The molecule has 0 bridgehead atoms. The molecule has 2 heterocycles. The molecule has 1 nitrogen and oxygen atoms in total. The summed E-state index contributed by atoms with van der Waals surface area (Å²) < 4.78 is 0. The van der Waals surface area contributed by atoms with Crippen molar-refractivity contribution in [3.8, 4) is 0 Å². The van der Waals surface area contributed by atoms with E-state index in [0.29, 0.717) is 0 Å². The van der Waals surface area contributed by atoms with Crippen molar-refractivity contribution in [3.63, 3.8) is 0 Å². The van der Waals surface area contributed by atoms with Gasteiger partial charge in [0, 0.05) is 7.05 Å². The van der Waals surface area contributed by atoms with Crippen molar-refractivity contribution in [2.45, 2.75) is 5.50 Å². The van der Waals surface area contributed by atoms with Gasteiger partial charge in [0.15, 0.2) is 0 Å². The van der Waals surface area contributed by atoms with E-state index in [0.717, 1.165) is 0 Å². The van der Waals surface area contributed by atoms with Crippen molar-refractivity contribution in [2.75, 3.05) is 11.9 Å². The standard InChI is InChI=1S/C8H8ClNS/c1-10-6-4-5-11-7(6)2-3-8(10)9/h2-5,8H,1H3. The van der Waals surface area contributed by atoms with Gasteiger partial charge in [-0.1, -0.05) is 11.6 Å². The lowest BCUT2D eigenvalue weighted by Gasteiger charge is -2.25. The minimum absolute atomic E-state index is 0.0112. The lowest BCUT2D eigenvalue weighted by atomic mass is 10.2. The van der Waals surface area contributed by atoms with Gasteiger partial charge in [0.05, 0.1) is 10.6 Å². The second-order valence-corrected chi connectivity index (χ2v) is 3.91. The highest BCUT2D eigenvalue weighted by molar-refractivity contribution is 7.11. The van der Waals surface area contributed by atoms with E-state index in [1.54, 1.807) is 11.3 Å². The Balaban J connectivity index is 2.48. The highest BCUT2D eigenvalue weighted by Crippen LogP contribution is 2.32. The third kappa shape index (κ3) is 1.06. The first-order chi connectivity index (χ1) is 5.29. The van der Waals surface area contributed by atoms with Crippen LogP contribution in [-0.4, -0.2) is 12.5 Å². The predicted octanol–water partition coefficient (Wildman–Crippen LogP) is 2.78. The third-order valence-corrected chi connectivity index (χ3v) is 3.14. The Morgan fingerprint density at radius 2 is 2.45 bits per heavy atom. The summed E-state index contributed by atoms with van der Waals surface area (Å²) >= 11 is 7.74. The summed E-state index contributed by atoms with van der Waals surface area (Å²) in [6, 6.07) is 2.10. The fraction of sp³-hybridized carbons (Fsp3) is 0.250. The first kappa shape index (κ1) is 7.19. The van der Waals surface area contributed by atoms with Crippen LogP contribution in [0, 0.1) is 0 Å². The second kappa shape index (κ2) is 2.54. The number of nitrogens with zero attached hydrogens (tertiary/aromatic N) is 1. The van der Waals surface area contributed by atoms with Gasteiger partial charge in [-0.2, -0.15) is 0 Å². The molecular formula is C8H8ClNS. The van der Waals surface area contributed by atoms with Crippen LogP contribution in [0.1, 0.15) is 4.88 Å². The zero-order valence-corrected chi connectivity index (χ0v) is 7.69. The molecule has 3 heteroatoms. The molecule has 11 heavy (non-hydrogen) atoms. The molecule has 0 fully saturated rings. The smallest absolute Gasteiger partial charge is 0.123 e. The number of anilines is 1. The number of rotatable bonds is 0. The van der Waals surface area contributed by atoms with Gasteiger partial charge < -0.3 is 4.90 Å². The maximum absolute atomic E-state index is 6.00. The van der Waals surface area contributed by atoms with Gasteiger partial charge in [0.1, 0.15) is 5.50 Å². The van der Waals surface area contributed by atoms with Crippen molar-refractivity contribution in [2.24, 2.45) is 0 Å². The number of hydrogen-bond acceptors (Lipinski definition) is 2. The van der Waals surface area contributed by atoms with Crippen LogP contribution in [0.5, 0.6) is 0 Å². The van der Waals surface area contributed by atoms with Gasteiger partial charge >= 0.3 is 0 Å². The monoisotopic (exact) mass is 185 g/mol. The van der Waals surface area contributed by atoms with Gasteiger partial charge in [0.2, 0.25) is 0 Å².